The lowest BCUT2D eigenvalue weighted by Crippen LogP contribution is -2.03. The van der Waals surface area contributed by atoms with Crippen LogP contribution in [0, 0.1) is 10.1 Å². The van der Waals surface area contributed by atoms with Gasteiger partial charge in [-0.3, -0.25) is 10.1 Å². The quantitative estimate of drug-likeness (QED) is 0.674. The summed E-state index contributed by atoms with van der Waals surface area (Å²) in [6.45, 7) is 0.0820. The molecule has 0 amide bonds. The number of halogens is 1. The van der Waals surface area contributed by atoms with Crippen molar-refractivity contribution in [1.82, 2.24) is 0 Å². The van der Waals surface area contributed by atoms with Crippen LogP contribution in [0.2, 0.25) is 5.02 Å². The molecule has 0 aliphatic carbocycles. The van der Waals surface area contributed by atoms with Gasteiger partial charge in [-0.2, -0.15) is 0 Å². The molecule has 0 bridgehead atoms. The number of carboxylic acid groups (broad SMARTS) is 1. The van der Waals surface area contributed by atoms with Gasteiger partial charge < -0.3 is 9.84 Å². The summed E-state index contributed by atoms with van der Waals surface area (Å²) in [6.07, 6.45) is 0. The van der Waals surface area contributed by atoms with Gasteiger partial charge in [-0.05, 0) is 35.9 Å². The summed E-state index contributed by atoms with van der Waals surface area (Å²) >= 11 is 5.81. The van der Waals surface area contributed by atoms with Crippen molar-refractivity contribution in [2.75, 3.05) is 0 Å². The fourth-order valence-corrected chi connectivity index (χ4v) is 1.83. The predicted molar refractivity (Wildman–Crippen MR) is 75.8 cm³/mol. The zero-order chi connectivity index (χ0) is 15.4. The number of carboxylic acids is 1. The van der Waals surface area contributed by atoms with E-state index < -0.39 is 10.9 Å². The molecule has 0 saturated carbocycles. The molecule has 0 aliphatic heterocycles. The first-order valence-electron chi connectivity index (χ1n) is 5.86. The molecule has 0 radical (unpaired) electrons. The average Bonchev–Trinajstić information content (AvgIpc) is 2.45. The van der Waals surface area contributed by atoms with Crippen LogP contribution in [0.3, 0.4) is 0 Å². The Balaban J connectivity index is 2.14. The lowest BCUT2D eigenvalue weighted by molar-refractivity contribution is -0.384. The van der Waals surface area contributed by atoms with Gasteiger partial charge in [0.1, 0.15) is 17.9 Å². The highest BCUT2D eigenvalue weighted by Crippen LogP contribution is 2.24. The third-order valence-electron chi connectivity index (χ3n) is 2.72. The second kappa shape index (κ2) is 6.23. The van der Waals surface area contributed by atoms with Gasteiger partial charge in [-0.1, -0.05) is 11.6 Å². The number of rotatable bonds is 5. The Hall–Kier alpha value is -2.60. The van der Waals surface area contributed by atoms with Crippen LogP contribution in [-0.4, -0.2) is 16.0 Å². The van der Waals surface area contributed by atoms with E-state index in [1.54, 1.807) is 12.1 Å². The Morgan fingerprint density at radius 1 is 1.24 bits per heavy atom. The van der Waals surface area contributed by atoms with E-state index in [4.69, 9.17) is 21.4 Å². The maximum atomic E-state index is 11.1. The minimum absolute atomic E-state index is 0.00121. The van der Waals surface area contributed by atoms with Crippen LogP contribution in [0.1, 0.15) is 15.9 Å². The molecule has 0 fully saturated rings. The SMILES string of the molecule is O=C(O)c1ccc(Cl)cc1OCc1ccc([N+](=O)[O-])cc1. The molecule has 0 aliphatic rings. The fourth-order valence-electron chi connectivity index (χ4n) is 1.67. The number of ether oxygens (including phenoxy) is 1. The first-order valence-corrected chi connectivity index (χ1v) is 6.24. The number of benzene rings is 2. The molecule has 0 spiro atoms. The second-order valence-corrected chi connectivity index (χ2v) is 4.59. The van der Waals surface area contributed by atoms with Gasteiger partial charge in [0.05, 0.1) is 4.92 Å². The molecule has 0 saturated heterocycles. The van der Waals surface area contributed by atoms with Crippen molar-refractivity contribution in [2.45, 2.75) is 6.61 Å². The summed E-state index contributed by atoms with van der Waals surface area (Å²) in [5.74, 6) is -0.973. The van der Waals surface area contributed by atoms with E-state index in [1.165, 1.54) is 30.3 Å². The van der Waals surface area contributed by atoms with E-state index in [2.05, 4.69) is 0 Å². The maximum Gasteiger partial charge on any atom is 0.339 e. The molecule has 108 valence electrons. The van der Waals surface area contributed by atoms with Crippen molar-refractivity contribution in [3.63, 3.8) is 0 Å². The molecule has 0 unspecified atom stereocenters. The summed E-state index contributed by atoms with van der Waals surface area (Å²) in [5.41, 5.74) is 0.658. The van der Waals surface area contributed by atoms with Crippen molar-refractivity contribution >= 4 is 23.3 Å². The first kappa shape index (κ1) is 14.8. The number of hydrogen-bond acceptors (Lipinski definition) is 4. The molecule has 0 heterocycles. The van der Waals surface area contributed by atoms with E-state index in [1.807, 2.05) is 0 Å². The highest BCUT2D eigenvalue weighted by Gasteiger charge is 2.12. The Bertz CT molecular complexity index is 684. The molecule has 6 nitrogen and oxygen atoms in total. The largest absolute Gasteiger partial charge is 0.488 e. The first-order chi connectivity index (χ1) is 9.97. The van der Waals surface area contributed by atoms with Crippen molar-refractivity contribution in [2.24, 2.45) is 0 Å². The average molecular weight is 308 g/mol. The molecule has 1 N–H and O–H groups in total. The van der Waals surface area contributed by atoms with Crippen LogP contribution in [0.4, 0.5) is 5.69 Å². The minimum Gasteiger partial charge on any atom is -0.488 e. The third kappa shape index (κ3) is 3.70. The zero-order valence-corrected chi connectivity index (χ0v) is 11.4. The minimum atomic E-state index is -1.12. The number of non-ortho nitro benzene ring substituents is 1. The third-order valence-corrected chi connectivity index (χ3v) is 2.95. The molecule has 2 rings (SSSR count). The molecule has 0 aromatic heterocycles. The Labute approximate surface area is 124 Å². The van der Waals surface area contributed by atoms with Gasteiger partial charge >= 0.3 is 5.97 Å². The molecule has 2 aromatic carbocycles. The van der Waals surface area contributed by atoms with Gasteiger partial charge in [0.25, 0.3) is 5.69 Å². The van der Waals surface area contributed by atoms with Crippen LogP contribution in [0.25, 0.3) is 0 Å². The highest BCUT2D eigenvalue weighted by molar-refractivity contribution is 6.30. The lowest BCUT2D eigenvalue weighted by atomic mass is 10.2. The van der Waals surface area contributed by atoms with Crippen LogP contribution in [0.5, 0.6) is 5.75 Å². The summed E-state index contributed by atoms with van der Waals surface area (Å²) in [6, 6.07) is 10.0. The maximum absolute atomic E-state index is 11.1. The van der Waals surface area contributed by atoms with E-state index >= 15 is 0 Å². The number of nitro benzene ring substituents is 1. The van der Waals surface area contributed by atoms with Crippen molar-refractivity contribution < 1.29 is 19.6 Å². The van der Waals surface area contributed by atoms with E-state index in [0.29, 0.717) is 10.6 Å². The standard InChI is InChI=1S/C14H10ClNO5/c15-10-3-6-12(14(17)18)13(7-10)21-8-9-1-4-11(5-2-9)16(19)20/h1-7H,8H2,(H,17,18). The number of carbonyl (C=O) groups is 1. The van der Waals surface area contributed by atoms with Gasteiger partial charge in [0.2, 0.25) is 0 Å². The van der Waals surface area contributed by atoms with Crippen molar-refractivity contribution in [3.05, 3.63) is 68.7 Å². The summed E-state index contributed by atoms with van der Waals surface area (Å²) in [5, 5.41) is 20.0. The normalized spacial score (nSPS) is 10.1. The summed E-state index contributed by atoms with van der Waals surface area (Å²) in [4.78, 5) is 21.1. The topological polar surface area (TPSA) is 89.7 Å². The Kier molecular flexibility index (Phi) is 4.39. The highest BCUT2D eigenvalue weighted by atomic mass is 35.5. The molecule has 7 heteroatoms. The molecule has 2 aromatic rings. The number of hydrogen-bond donors (Lipinski definition) is 1. The van der Waals surface area contributed by atoms with Gasteiger partial charge in [-0.15, -0.1) is 0 Å². The molecular formula is C14H10ClNO5. The smallest absolute Gasteiger partial charge is 0.339 e. The summed E-state index contributed by atoms with van der Waals surface area (Å²) in [7, 11) is 0. The molecular weight excluding hydrogens is 298 g/mol. The van der Waals surface area contributed by atoms with Gasteiger partial charge in [0.15, 0.2) is 0 Å². The lowest BCUT2D eigenvalue weighted by Gasteiger charge is -2.09. The van der Waals surface area contributed by atoms with E-state index in [0.717, 1.165) is 0 Å². The zero-order valence-electron chi connectivity index (χ0n) is 10.7. The Morgan fingerprint density at radius 3 is 2.48 bits per heavy atom. The Morgan fingerprint density at radius 2 is 1.90 bits per heavy atom. The van der Waals surface area contributed by atoms with E-state index in [-0.39, 0.29) is 23.6 Å². The molecule has 21 heavy (non-hydrogen) atoms. The fraction of sp³-hybridized carbons (Fsp3) is 0.0714. The van der Waals surface area contributed by atoms with Gasteiger partial charge in [0, 0.05) is 17.2 Å². The van der Waals surface area contributed by atoms with Crippen molar-refractivity contribution in [1.29, 1.82) is 0 Å². The van der Waals surface area contributed by atoms with Crippen LogP contribution >= 0.6 is 11.6 Å². The van der Waals surface area contributed by atoms with E-state index in [9.17, 15) is 14.9 Å². The predicted octanol–water partition coefficient (Wildman–Crippen LogP) is 3.53. The second-order valence-electron chi connectivity index (χ2n) is 4.16. The van der Waals surface area contributed by atoms with Crippen LogP contribution in [-0.2, 0) is 6.61 Å². The van der Waals surface area contributed by atoms with Gasteiger partial charge in [-0.25, -0.2) is 4.79 Å². The number of nitro groups is 1. The van der Waals surface area contributed by atoms with Crippen LogP contribution < -0.4 is 4.74 Å². The molecule has 0 atom stereocenters. The summed E-state index contributed by atoms with van der Waals surface area (Å²) < 4.78 is 5.43. The van der Waals surface area contributed by atoms with Crippen LogP contribution in [0.15, 0.2) is 42.5 Å². The van der Waals surface area contributed by atoms with Crippen molar-refractivity contribution in [3.8, 4) is 5.75 Å². The number of nitrogens with zero attached hydrogens (tertiary/aromatic N) is 1. The number of aromatic carboxylic acids is 1. The monoisotopic (exact) mass is 307 g/mol.